The van der Waals surface area contributed by atoms with Crippen molar-refractivity contribution in [3.63, 3.8) is 0 Å². The predicted molar refractivity (Wildman–Crippen MR) is 85.7 cm³/mol. The second-order valence-electron chi connectivity index (χ2n) is 4.42. The summed E-state index contributed by atoms with van der Waals surface area (Å²) in [7, 11) is 0. The minimum Gasteiger partial charge on any atom is -0.502 e. The Morgan fingerprint density at radius 1 is 1.45 bits per heavy atom. The summed E-state index contributed by atoms with van der Waals surface area (Å²) < 4.78 is 0. The van der Waals surface area contributed by atoms with Crippen LogP contribution in [0.1, 0.15) is 19.4 Å². The number of nitro groups is 1. The normalized spacial score (nSPS) is 18.5. The highest BCUT2D eigenvalue weighted by molar-refractivity contribution is 8.18. The van der Waals surface area contributed by atoms with Crippen LogP contribution in [-0.4, -0.2) is 39.1 Å². The van der Waals surface area contributed by atoms with Crippen molar-refractivity contribution in [2.45, 2.75) is 13.8 Å². The van der Waals surface area contributed by atoms with Gasteiger partial charge in [0.2, 0.25) is 0 Å². The fourth-order valence-electron chi connectivity index (χ4n) is 1.97. The lowest BCUT2D eigenvalue weighted by Crippen LogP contribution is -2.28. The molecule has 1 N–H and O–H groups in total. The Labute approximate surface area is 131 Å². The van der Waals surface area contributed by atoms with Gasteiger partial charge in [0.25, 0.3) is 5.91 Å². The van der Waals surface area contributed by atoms with Crippen LogP contribution >= 0.6 is 11.8 Å². The van der Waals surface area contributed by atoms with E-state index >= 15 is 0 Å². The number of phenols is 1. The van der Waals surface area contributed by atoms with Crippen LogP contribution in [0.4, 0.5) is 5.69 Å². The van der Waals surface area contributed by atoms with Gasteiger partial charge in [0.05, 0.1) is 9.83 Å². The van der Waals surface area contributed by atoms with E-state index in [1.807, 2.05) is 13.8 Å². The maximum absolute atomic E-state index is 12.3. The molecule has 1 fully saturated rings. The molecule has 2 rings (SSSR count). The molecule has 0 atom stereocenters. The van der Waals surface area contributed by atoms with Crippen LogP contribution in [0.15, 0.2) is 28.1 Å². The summed E-state index contributed by atoms with van der Waals surface area (Å²) >= 11 is 1.24. The van der Waals surface area contributed by atoms with Crippen LogP contribution in [0.3, 0.4) is 0 Å². The number of nitro benzene ring substituents is 1. The zero-order chi connectivity index (χ0) is 16.3. The van der Waals surface area contributed by atoms with Gasteiger partial charge in [-0.1, -0.05) is 6.07 Å². The average Bonchev–Trinajstić information content (AvgIpc) is 2.76. The first kappa shape index (κ1) is 16.0. The van der Waals surface area contributed by atoms with Crippen molar-refractivity contribution >= 4 is 34.6 Å². The number of likely N-dealkylation sites (N-methyl/N-ethyl adjacent to an activating group) is 1. The molecule has 1 aliphatic heterocycles. The standard InChI is InChI=1S/C14H15N3O4S/c1-3-15-14-16(4-2)13(19)12(22-14)8-9-5-6-11(18)10(7-9)17(20)21/h5-8,18H,3-4H2,1-2H3/b12-8+,15-14?. The van der Waals surface area contributed by atoms with Gasteiger partial charge in [-0.25, -0.2) is 0 Å². The molecule has 0 aromatic heterocycles. The number of thioether (sulfide) groups is 1. The van der Waals surface area contributed by atoms with Gasteiger partial charge in [-0.15, -0.1) is 0 Å². The van der Waals surface area contributed by atoms with E-state index in [2.05, 4.69) is 4.99 Å². The van der Waals surface area contributed by atoms with Crippen molar-refractivity contribution in [3.05, 3.63) is 38.8 Å². The molecule has 1 aromatic rings. The predicted octanol–water partition coefficient (Wildman–Crippen LogP) is 2.61. The van der Waals surface area contributed by atoms with Crippen LogP contribution in [0.2, 0.25) is 0 Å². The van der Waals surface area contributed by atoms with E-state index in [1.54, 1.807) is 11.0 Å². The number of aliphatic imine (C=N–C) groups is 1. The molecule has 0 saturated carbocycles. The van der Waals surface area contributed by atoms with Crippen LogP contribution in [0.5, 0.6) is 5.75 Å². The number of benzene rings is 1. The maximum Gasteiger partial charge on any atom is 0.311 e. The second-order valence-corrected chi connectivity index (χ2v) is 5.43. The SMILES string of the molecule is CCN=C1S/C(=C/c2ccc(O)c([N+](=O)[O-])c2)C(=O)N1CC. The first-order chi connectivity index (χ1) is 10.5. The number of carbonyl (C=O) groups is 1. The van der Waals surface area contributed by atoms with Gasteiger partial charge in [-0.3, -0.25) is 24.8 Å². The van der Waals surface area contributed by atoms with Gasteiger partial charge in [-0.05, 0) is 43.3 Å². The number of hydrogen-bond donors (Lipinski definition) is 1. The van der Waals surface area contributed by atoms with Crippen molar-refractivity contribution in [3.8, 4) is 5.75 Å². The fourth-order valence-corrected chi connectivity index (χ4v) is 3.07. The summed E-state index contributed by atoms with van der Waals surface area (Å²) in [4.78, 5) is 28.7. The molecule has 0 radical (unpaired) electrons. The van der Waals surface area contributed by atoms with Gasteiger partial charge < -0.3 is 5.11 Å². The van der Waals surface area contributed by atoms with Crippen molar-refractivity contribution in [1.82, 2.24) is 4.90 Å². The van der Waals surface area contributed by atoms with Crippen molar-refractivity contribution < 1.29 is 14.8 Å². The molecule has 8 heteroatoms. The molecule has 116 valence electrons. The Morgan fingerprint density at radius 3 is 2.77 bits per heavy atom. The number of hydrogen-bond acceptors (Lipinski definition) is 6. The number of amidine groups is 1. The van der Waals surface area contributed by atoms with E-state index < -0.39 is 10.7 Å². The minimum atomic E-state index is -0.663. The first-order valence-corrected chi connectivity index (χ1v) is 7.52. The summed E-state index contributed by atoms with van der Waals surface area (Å²) in [5, 5.41) is 20.9. The van der Waals surface area contributed by atoms with Crippen molar-refractivity contribution in [2.75, 3.05) is 13.1 Å². The highest BCUT2D eigenvalue weighted by Crippen LogP contribution is 2.34. The van der Waals surface area contributed by atoms with E-state index in [0.717, 1.165) is 0 Å². The third kappa shape index (κ3) is 3.11. The van der Waals surface area contributed by atoms with Gasteiger partial charge in [0, 0.05) is 19.2 Å². The molecule has 0 aliphatic carbocycles. The monoisotopic (exact) mass is 321 g/mol. The summed E-state index contributed by atoms with van der Waals surface area (Å²) in [6.45, 7) is 4.83. The molecule has 0 unspecified atom stereocenters. The highest BCUT2D eigenvalue weighted by atomic mass is 32.2. The van der Waals surface area contributed by atoms with E-state index in [1.165, 1.54) is 30.0 Å². The van der Waals surface area contributed by atoms with E-state index in [0.29, 0.717) is 28.7 Å². The van der Waals surface area contributed by atoms with Crippen LogP contribution < -0.4 is 0 Å². The lowest BCUT2D eigenvalue weighted by Gasteiger charge is -2.11. The summed E-state index contributed by atoms with van der Waals surface area (Å²) in [5.74, 6) is -0.573. The van der Waals surface area contributed by atoms with Crippen LogP contribution in [-0.2, 0) is 4.79 Å². The lowest BCUT2D eigenvalue weighted by molar-refractivity contribution is -0.385. The number of rotatable bonds is 4. The third-order valence-electron chi connectivity index (χ3n) is 2.99. The Morgan fingerprint density at radius 2 is 2.18 bits per heavy atom. The summed E-state index contributed by atoms with van der Waals surface area (Å²) in [6.07, 6.45) is 1.57. The topological polar surface area (TPSA) is 96.0 Å². The summed E-state index contributed by atoms with van der Waals surface area (Å²) in [6, 6.07) is 4.00. The first-order valence-electron chi connectivity index (χ1n) is 6.71. The molecule has 22 heavy (non-hydrogen) atoms. The molecular formula is C14H15N3O4S. The Balaban J connectivity index is 2.38. The smallest absolute Gasteiger partial charge is 0.311 e. The number of carbonyl (C=O) groups excluding carboxylic acids is 1. The molecule has 7 nitrogen and oxygen atoms in total. The fraction of sp³-hybridized carbons (Fsp3) is 0.286. The summed E-state index contributed by atoms with van der Waals surface area (Å²) in [5.41, 5.74) is 0.0914. The Bertz CT molecular complexity index is 685. The van der Waals surface area contributed by atoms with E-state index in [4.69, 9.17) is 0 Å². The number of nitrogens with zero attached hydrogens (tertiary/aromatic N) is 3. The molecule has 0 spiro atoms. The molecule has 1 amide bonds. The van der Waals surface area contributed by atoms with E-state index in [9.17, 15) is 20.0 Å². The number of amides is 1. The Hall–Kier alpha value is -2.35. The lowest BCUT2D eigenvalue weighted by atomic mass is 10.1. The zero-order valence-corrected chi connectivity index (χ0v) is 13.0. The number of aromatic hydroxyl groups is 1. The van der Waals surface area contributed by atoms with Gasteiger partial charge in [-0.2, -0.15) is 0 Å². The van der Waals surface area contributed by atoms with Gasteiger partial charge in [0.15, 0.2) is 10.9 Å². The molecule has 1 heterocycles. The van der Waals surface area contributed by atoms with Crippen LogP contribution in [0.25, 0.3) is 6.08 Å². The van der Waals surface area contributed by atoms with Gasteiger partial charge in [0.1, 0.15) is 0 Å². The van der Waals surface area contributed by atoms with Gasteiger partial charge >= 0.3 is 5.69 Å². The Kier molecular flexibility index (Phi) is 4.81. The quantitative estimate of drug-likeness (QED) is 0.522. The molecule has 1 aliphatic rings. The largest absolute Gasteiger partial charge is 0.502 e. The van der Waals surface area contributed by atoms with Crippen molar-refractivity contribution in [2.24, 2.45) is 4.99 Å². The molecular weight excluding hydrogens is 306 g/mol. The second kappa shape index (κ2) is 6.61. The maximum atomic E-state index is 12.3. The number of phenolic OH excluding ortho intramolecular Hbond substituents is 1. The minimum absolute atomic E-state index is 0.171. The molecule has 0 bridgehead atoms. The molecule has 1 aromatic carbocycles. The average molecular weight is 321 g/mol. The van der Waals surface area contributed by atoms with E-state index in [-0.39, 0.29) is 11.6 Å². The highest BCUT2D eigenvalue weighted by Gasteiger charge is 2.31. The zero-order valence-electron chi connectivity index (χ0n) is 12.1. The molecule has 1 saturated heterocycles. The van der Waals surface area contributed by atoms with Crippen LogP contribution in [0, 0.1) is 10.1 Å². The van der Waals surface area contributed by atoms with Crippen molar-refractivity contribution in [1.29, 1.82) is 0 Å². The third-order valence-corrected chi connectivity index (χ3v) is 4.04.